The topological polar surface area (TPSA) is 129 Å². The number of rotatable bonds is 19. The standard InChI is InChI=1S/C12H20O6.C9H16O5.Y/c1(13-3-10-5-16-10)9(15-7-12-8-18-12)2-14-4-11-6-17-11;10-7(1-11-3-8-5-13-8)2-12-4-9-6-14-9;/h9-12H,1-8H2;7-10H,1-6H2;. The smallest absolute Gasteiger partial charge is 0.104 e. The summed E-state index contributed by atoms with van der Waals surface area (Å²) in [5.74, 6) is 0. The van der Waals surface area contributed by atoms with Crippen LogP contribution in [0.15, 0.2) is 0 Å². The molecule has 0 aromatic rings. The molecule has 0 bridgehead atoms. The summed E-state index contributed by atoms with van der Waals surface area (Å²) in [6.07, 6.45) is 0.771. The Balaban J connectivity index is 0.000000186. The van der Waals surface area contributed by atoms with Gasteiger partial charge >= 0.3 is 0 Å². The van der Waals surface area contributed by atoms with E-state index in [0.717, 1.165) is 33.0 Å². The van der Waals surface area contributed by atoms with Crippen LogP contribution in [0.3, 0.4) is 0 Å². The van der Waals surface area contributed by atoms with Crippen LogP contribution in [0, 0.1) is 0 Å². The van der Waals surface area contributed by atoms with Gasteiger partial charge in [-0.3, -0.25) is 0 Å². The fourth-order valence-electron chi connectivity index (χ4n) is 2.59. The van der Waals surface area contributed by atoms with E-state index in [0.29, 0.717) is 59.5 Å². The van der Waals surface area contributed by atoms with Crippen molar-refractivity contribution < 1.29 is 85.2 Å². The molecule has 0 aromatic heterocycles. The summed E-state index contributed by atoms with van der Waals surface area (Å²) >= 11 is 0. The quantitative estimate of drug-likeness (QED) is 0.193. The first-order valence-electron chi connectivity index (χ1n) is 11.4. The Morgan fingerprint density at radius 1 is 0.545 bits per heavy atom. The van der Waals surface area contributed by atoms with Gasteiger partial charge in [0.1, 0.15) is 42.7 Å². The molecule has 11 nitrogen and oxygen atoms in total. The van der Waals surface area contributed by atoms with E-state index in [1.165, 1.54) is 0 Å². The molecule has 5 saturated heterocycles. The Morgan fingerprint density at radius 2 is 0.848 bits per heavy atom. The second-order valence-electron chi connectivity index (χ2n) is 8.54. The van der Waals surface area contributed by atoms with Crippen LogP contribution in [0.5, 0.6) is 0 Å². The predicted molar refractivity (Wildman–Crippen MR) is 108 cm³/mol. The molecule has 5 unspecified atom stereocenters. The monoisotopic (exact) mass is 553 g/mol. The van der Waals surface area contributed by atoms with Gasteiger partial charge in [0.05, 0.1) is 92.5 Å². The molecule has 0 aromatic carbocycles. The molecule has 1 N–H and O–H groups in total. The van der Waals surface area contributed by atoms with Crippen molar-refractivity contribution in [2.45, 2.75) is 42.7 Å². The Labute approximate surface area is 219 Å². The zero-order valence-electron chi connectivity index (χ0n) is 19.0. The predicted octanol–water partition coefficient (Wildman–Crippen LogP) is -1.22. The molecule has 5 atom stereocenters. The molecule has 0 aliphatic carbocycles. The van der Waals surface area contributed by atoms with Gasteiger partial charge in [-0.15, -0.1) is 0 Å². The second kappa shape index (κ2) is 15.7. The first-order valence-corrected chi connectivity index (χ1v) is 11.4. The Kier molecular flexibility index (Phi) is 13.4. The third-order valence-electron chi connectivity index (χ3n) is 4.97. The summed E-state index contributed by atoms with van der Waals surface area (Å²) < 4.78 is 52.4. The molecule has 0 saturated carbocycles. The fourth-order valence-corrected chi connectivity index (χ4v) is 2.59. The van der Waals surface area contributed by atoms with Crippen molar-refractivity contribution in [3.8, 4) is 0 Å². The van der Waals surface area contributed by atoms with Gasteiger partial charge in [0.2, 0.25) is 0 Å². The van der Waals surface area contributed by atoms with Gasteiger partial charge < -0.3 is 52.5 Å². The average molecular weight is 553 g/mol. The molecular formula is C21H36O11Y. The molecule has 5 heterocycles. The Bertz CT molecular complexity index is 474. The SMILES string of the molecule is C(OCC1CO1)C(COCC1CO1)OCC1CO1.OC(COCC1CO1)COCC1CO1.[Y]. The van der Waals surface area contributed by atoms with Gasteiger partial charge in [0.25, 0.3) is 0 Å². The summed E-state index contributed by atoms with van der Waals surface area (Å²) in [5, 5.41) is 9.38. The molecule has 5 aliphatic rings. The van der Waals surface area contributed by atoms with E-state index < -0.39 is 6.10 Å². The van der Waals surface area contributed by atoms with Crippen LogP contribution in [0.25, 0.3) is 0 Å². The van der Waals surface area contributed by atoms with Crippen LogP contribution in [0.1, 0.15) is 0 Å². The fraction of sp³-hybridized carbons (Fsp3) is 1.00. The van der Waals surface area contributed by atoms with Gasteiger partial charge in [-0.25, -0.2) is 0 Å². The van der Waals surface area contributed by atoms with E-state index in [2.05, 4.69) is 0 Å². The van der Waals surface area contributed by atoms with E-state index in [9.17, 15) is 5.11 Å². The van der Waals surface area contributed by atoms with Crippen LogP contribution in [0.2, 0.25) is 0 Å². The number of aliphatic hydroxyl groups excluding tert-OH is 1. The maximum Gasteiger partial charge on any atom is 0.104 e. The molecule has 5 aliphatic heterocycles. The molecule has 0 spiro atoms. The zero-order valence-corrected chi connectivity index (χ0v) is 21.9. The minimum Gasteiger partial charge on any atom is -0.388 e. The molecule has 0 amide bonds. The summed E-state index contributed by atoms with van der Waals surface area (Å²) in [4.78, 5) is 0. The van der Waals surface area contributed by atoms with E-state index in [1.807, 2.05) is 0 Å². The van der Waals surface area contributed by atoms with Gasteiger partial charge in [-0.1, -0.05) is 0 Å². The second-order valence-corrected chi connectivity index (χ2v) is 8.54. The van der Waals surface area contributed by atoms with Crippen LogP contribution in [0.4, 0.5) is 0 Å². The van der Waals surface area contributed by atoms with Crippen molar-refractivity contribution >= 4 is 0 Å². The third-order valence-corrected chi connectivity index (χ3v) is 4.97. The third kappa shape index (κ3) is 15.4. The summed E-state index contributed by atoms with van der Waals surface area (Å²) in [5.41, 5.74) is 0. The first-order chi connectivity index (χ1) is 15.7. The van der Waals surface area contributed by atoms with Crippen LogP contribution < -0.4 is 0 Å². The van der Waals surface area contributed by atoms with Crippen molar-refractivity contribution in [3.05, 3.63) is 0 Å². The van der Waals surface area contributed by atoms with Crippen LogP contribution in [-0.2, 0) is 80.1 Å². The molecule has 5 fully saturated rings. The molecule has 33 heavy (non-hydrogen) atoms. The maximum atomic E-state index is 9.38. The van der Waals surface area contributed by atoms with Crippen molar-refractivity contribution in [2.75, 3.05) is 92.5 Å². The van der Waals surface area contributed by atoms with Gasteiger partial charge in [0, 0.05) is 32.7 Å². The first kappa shape index (κ1) is 28.2. The van der Waals surface area contributed by atoms with Gasteiger partial charge in [-0.2, -0.15) is 0 Å². The number of epoxide rings is 5. The van der Waals surface area contributed by atoms with E-state index >= 15 is 0 Å². The van der Waals surface area contributed by atoms with Crippen molar-refractivity contribution in [1.29, 1.82) is 0 Å². The molecule has 12 heteroatoms. The van der Waals surface area contributed by atoms with E-state index in [-0.39, 0.29) is 69.3 Å². The van der Waals surface area contributed by atoms with E-state index in [4.69, 9.17) is 47.4 Å². The average Bonchev–Trinajstić information content (AvgIpc) is 3.62. The summed E-state index contributed by atoms with van der Waals surface area (Å²) in [6, 6.07) is 0. The Hall–Kier alpha value is 0.664. The normalized spacial score (nSPS) is 32.1. The van der Waals surface area contributed by atoms with E-state index in [1.54, 1.807) is 0 Å². The summed E-state index contributed by atoms with van der Waals surface area (Å²) in [6.45, 7) is 8.76. The largest absolute Gasteiger partial charge is 0.388 e. The molecule has 5 rings (SSSR count). The minimum atomic E-state index is -0.549. The molecule has 189 valence electrons. The number of hydrogen-bond acceptors (Lipinski definition) is 11. The van der Waals surface area contributed by atoms with Crippen LogP contribution >= 0.6 is 0 Å². The maximum absolute atomic E-state index is 9.38. The molecular weight excluding hydrogens is 517 g/mol. The number of hydrogen-bond donors (Lipinski definition) is 1. The van der Waals surface area contributed by atoms with Crippen molar-refractivity contribution in [2.24, 2.45) is 0 Å². The van der Waals surface area contributed by atoms with Gasteiger partial charge in [-0.05, 0) is 0 Å². The summed E-state index contributed by atoms with van der Waals surface area (Å²) in [7, 11) is 0. The number of ether oxygens (including phenoxy) is 10. The zero-order chi connectivity index (χ0) is 22.0. The van der Waals surface area contributed by atoms with Gasteiger partial charge in [0.15, 0.2) is 0 Å². The number of aliphatic hydroxyl groups is 1. The van der Waals surface area contributed by atoms with Crippen LogP contribution in [-0.4, -0.2) is 140 Å². The van der Waals surface area contributed by atoms with Crippen molar-refractivity contribution in [3.63, 3.8) is 0 Å². The van der Waals surface area contributed by atoms with Crippen molar-refractivity contribution in [1.82, 2.24) is 0 Å². The Morgan fingerprint density at radius 3 is 1.18 bits per heavy atom. The minimum absolute atomic E-state index is 0. The molecule has 1 radical (unpaired) electrons.